The number of carbonyl (C=O) groups is 1. The molecule has 1 aromatic carbocycles. The smallest absolute Gasteiger partial charge is 0.374 e. The van der Waals surface area contributed by atoms with Crippen LogP contribution in [0.2, 0.25) is 0 Å². The summed E-state index contributed by atoms with van der Waals surface area (Å²) < 4.78 is 4.55. The average Bonchev–Trinajstić information content (AvgIpc) is 2.70. The van der Waals surface area contributed by atoms with Crippen LogP contribution >= 0.6 is 24.8 Å². The van der Waals surface area contributed by atoms with Crippen LogP contribution in [0.15, 0.2) is 18.2 Å². The van der Waals surface area contributed by atoms with Crippen LogP contribution in [0, 0.1) is 0 Å². The molecule has 0 aliphatic heterocycles. The van der Waals surface area contributed by atoms with Crippen molar-refractivity contribution in [2.24, 2.45) is 5.84 Å². The van der Waals surface area contributed by atoms with Gasteiger partial charge in [0.2, 0.25) is 5.82 Å². The van der Waals surface area contributed by atoms with Crippen molar-refractivity contribution in [3.05, 3.63) is 24.0 Å². The number of aromatic amines is 1. The summed E-state index contributed by atoms with van der Waals surface area (Å²) in [7, 11) is 1.31. The molecule has 6 nitrogen and oxygen atoms in total. The number of methoxy groups -OCH3 is 1. The Labute approximate surface area is 110 Å². The minimum Gasteiger partial charge on any atom is -0.463 e. The van der Waals surface area contributed by atoms with Gasteiger partial charge in [0.25, 0.3) is 0 Å². The molecule has 0 amide bonds. The van der Waals surface area contributed by atoms with Gasteiger partial charge in [0, 0.05) is 0 Å². The number of hydrazine groups is 1. The molecule has 0 saturated carbocycles. The summed E-state index contributed by atoms with van der Waals surface area (Å²) in [6.45, 7) is 0. The van der Waals surface area contributed by atoms with E-state index in [1.165, 1.54) is 7.11 Å². The highest BCUT2D eigenvalue weighted by Gasteiger charge is 2.11. The fraction of sp³-hybridized carbons (Fsp3) is 0.111. The van der Waals surface area contributed by atoms with Crippen molar-refractivity contribution >= 4 is 47.5 Å². The number of rotatable bonds is 2. The van der Waals surface area contributed by atoms with E-state index in [2.05, 4.69) is 20.1 Å². The molecule has 0 bridgehead atoms. The molecular formula is C9H12Cl2N4O2. The van der Waals surface area contributed by atoms with Gasteiger partial charge >= 0.3 is 5.97 Å². The summed E-state index contributed by atoms with van der Waals surface area (Å²) in [6.07, 6.45) is 0. The van der Waals surface area contributed by atoms with Crippen molar-refractivity contribution in [1.29, 1.82) is 0 Å². The molecule has 8 heteroatoms. The number of halogens is 2. The first-order valence-electron chi connectivity index (χ1n) is 4.29. The minimum absolute atomic E-state index is 0. The third kappa shape index (κ3) is 3.00. The predicted molar refractivity (Wildman–Crippen MR) is 69.7 cm³/mol. The second kappa shape index (κ2) is 6.29. The van der Waals surface area contributed by atoms with Gasteiger partial charge in [-0.25, -0.2) is 9.78 Å². The molecule has 0 radical (unpaired) electrons. The summed E-state index contributed by atoms with van der Waals surface area (Å²) in [4.78, 5) is 18.1. The average molecular weight is 279 g/mol. The van der Waals surface area contributed by atoms with E-state index in [1.54, 1.807) is 18.2 Å². The number of benzene rings is 1. The van der Waals surface area contributed by atoms with Gasteiger partial charge < -0.3 is 15.1 Å². The molecule has 0 fully saturated rings. The Bertz CT molecular complexity index is 515. The number of nitrogens with zero attached hydrogens (tertiary/aromatic N) is 1. The first kappa shape index (κ1) is 15.5. The van der Waals surface area contributed by atoms with Crippen LogP contribution in [0.3, 0.4) is 0 Å². The van der Waals surface area contributed by atoms with Crippen molar-refractivity contribution in [2.45, 2.75) is 0 Å². The highest BCUT2D eigenvalue weighted by molar-refractivity contribution is 5.91. The Morgan fingerprint density at radius 2 is 2.18 bits per heavy atom. The maximum absolute atomic E-state index is 11.2. The van der Waals surface area contributed by atoms with Gasteiger partial charge in [-0.15, -0.1) is 24.8 Å². The molecular weight excluding hydrogens is 267 g/mol. The molecule has 1 aromatic heterocycles. The number of aromatic nitrogens is 2. The minimum atomic E-state index is -0.492. The number of carbonyl (C=O) groups excluding carboxylic acids is 1. The van der Waals surface area contributed by atoms with E-state index in [9.17, 15) is 4.79 Å². The number of nitrogens with one attached hydrogen (secondary N) is 2. The molecule has 0 spiro atoms. The first-order valence-corrected chi connectivity index (χ1v) is 4.29. The molecule has 0 aliphatic carbocycles. The van der Waals surface area contributed by atoms with Gasteiger partial charge in [-0.3, -0.25) is 5.84 Å². The molecule has 2 aromatic rings. The van der Waals surface area contributed by atoms with Crippen LogP contribution in [0.1, 0.15) is 10.6 Å². The van der Waals surface area contributed by atoms with Crippen LogP contribution in [0.5, 0.6) is 0 Å². The summed E-state index contributed by atoms with van der Waals surface area (Å²) >= 11 is 0. The monoisotopic (exact) mass is 278 g/mol. The maximum Gasteiger partial charge on any atom is 0.374 e. The van der Waals surface area contributed by atoms with E-state index in [1.807, 2.05) is 0 Å². The topological polar surface area (TPSA) is 93.0 Å². The third-order valence-electron chi connectivity index (χ3n) is 2.03. The molecule has 4 N–H and O–H groups in total. The maximum atomic E-state index is 11.2. The van der Waals surface area contributed by atoms with E-state index in [0.717, 1.165) is 11.2 Å². The number of hydrogen-bond acceptors (Lipinski definition) is 5. The Morgan fingerprint density at radius 1 is 1.47 bits per heavy atom. The van der Waals surface area contributed by atoms with Crippen molar-refractivity contribution in [2.75, 3.05) is 12.5 Å². The highest BCUT2D eigenvalue weighted by Crippen LogP contribution is 2.16. The van der Waals surface area contributed by atoms with E-state index in [-0.39, 0.29) is 30.6 Å². The van der Waals surface area contributed by atoms with Crippen LogP contribution in [-0.4, -0.2) is 23.0 Å². The predicted octanol–water partition coefficient (Wildman–Crippen LogP) is 1.48. The van der Waals surface area contributed by atoms with Gasteiger partial charge in [-0.05, 0) is 18.2 Å². The fourth-order valence-electron chi connectivity index (χ4n) is 1.29. The van der Waals surface area contributed by atoms with Gasteiger partial charge in [-0.1, -0.05) is 0 Å². The lowest BCUT2D eigenvalue weighted by atomic mass is 10.3. The Hall–Kier alpha value is -1.50. The van der Waals surface area contributed by atoms with Crippen molar-refractivity contribution in [1.82, 2.24) is 9.97 Å². The summed E-state index contributed by atoms with van der Waals surface area (Å²) in [5, 5.41) is 0. The second-order valence-corrected chi connectivity index (χ2v) is 2.95. The van der Waals surface area contributed by atoms with E-state index in [0.29, 0.717) is 5.52 Å². The zero-order chi connectivity index (χ0) is 10.8. The molecule has 2 rings (SSSR count). The molecule has 0 unspecified atom stereocenters. The van der Waals surface area contributed by atoms with E-state index in [4.69, 9.17) is 5.84 Å². The summed E-state index contributed by atoms with van der Waals surface area (Å²) in [5.41, 5.74) is 4.65. The van der Waals surface area contributed by atoms with E-state index < -0.39 is 5.97 Å². The molecule has 1 heterocycles. The highest BCUT2D eigenvalue weighted by atomic mass is 35.5. The lowest BCUT2D eigenvalue weighted by molar-refractivity contribution is 0.0588. The number of ether oxygens (including phenoxy) is 1. The summed E-state index contributed by atoms with van der Waals surface area (Å²) in [6, 6.07) is 5.30. The van der Waals surface area contributed by atoms with Crippen LogP contribution in [-0.2, 0) is 4.74 Å². The number of anilines is 1. The quantitative estimate of drug-likeness (QED) is 0.440. The number of esters is 1. The number of fused-ring (bicyclic) bond motifs is 1. The Kier molecular flexibility index (Phi) is 5.73. The van der Waals surface area contributed by atoms with Gasteiger partial charge in [0.1, 0.15) is 0 Å². The number of nitrogen functional groups attached to an aromatic ring is 1. The van der Waals surface area contributed by atoms with Gasteiger partial charge in [-0.2, -0.15) is 0 Å². The SMILES string of the molecule is COC(=O)c1nc2cc(NN)ccc2[nH]1.Cl.Cl. The zero-order valence-electron chi connectivity index (χ0n) is 8.89. The Balaban J connectivity index is 0.00000128. The third-order valence-corrected chi connectivity index (χ3v) is 2.03. The van der Waals surface area contributed by atoms with E-state index >= 15 is 0 Å². The van der Waals surface area contributed by atoms with Crippen LogP contribution < -0.4 is 11.3 Å². The molecule has 0 atom stereocenters. The molecule has 94 valence electrons. The summed E-state index contributed by atoms with van der Waals surface area (Å²) in [5.74, 6) is 4.94. The van der Waals surface area contributed by atoms with Crippen molar-refractivity contribution in [3.8, 4) is 0 Å². The number of H-pyrrole nitrogens is 1. The number of nitrogens with two attached hydrogens (primary N) is 1. The zero-order valence-corrected chi connectivity index (χ0v) is 10.5. The van der Waals surface area contributed by atoms with Gasteiger partial charge in [0.05, 0.1) is 23.8 Å². The van der Waals surface area contributed by atoms with Crippen molar-refractivity contribution in [3.63, 3.8) is 0 Å². The normalized spacial score (nSPS) is 9.06. The second-order valence-electron chi connectivity index (χ2n) is 2.95. The van der Waals surface area contributed by atoms with Crippen molar-refractivity contribution < 1.29 is 9.53 Å². The standard InChI is InChI=1S/C9H10N4O2.2ClH/c1-15-9(14)8-11-6-3-2-5(13-10)4-7(6)12-8;;/h2-4,13H,10H2,1H3,(H,11,12);2*1H. The molecule has 0 saturated heterocycles. The number of hydrogen-bond donors (Lipinski definition) is 3. The van der Waals surface area contributed by atoms with Crippen LogP contribution in [0.4, 0.5) is 5.69 Å². The lowest BCUT2D eigenvalue weighted by Gasteiger charge is -1.96. The first-order chi connectivity index (χ1) is 7.24. The van der Waals surface area contributed by atoms with Gasteiger partial charge in [0.15, 0.2) is 0 Å². The largest absolute Gasteiger partial charge is 0.463 e. The Morgan fingerprint density at radius 3 is 2.76 bits per heavy atom. The number of imidazole rings is 1. The molecule has 17 heavy (non-hydrogen) atoms. The van der Waals surface area contributed by atoms with Crippen LogP contribution in [0.25, 0.3) is 11.0 Å². The fourth-order valence-corrected chi connectivity index (χ4v) is 1.29. The molecule has 0 aliphatic rings. The lowest BCUT2D eigenvalue weighted by Crippen LogP contribution is -2.06.